The quantitative estimate of drug-likeness (QED) is 0.561. The number of thioether (sulfide) groups is 1. The van der Waals surface area contributed by atoms with Crippen LogP contribution in [0.1, 0.15) is 11.1 Å². The zero-order chi connectivity index (χ0) is 20.4. The van der Waals surface area contributed by atoms with Crippen LogP contribution in [0.5, 0.6) is 0 Å². The van der Waals surface area contributed by atoms with Crippen molar-refractivity contribution in [3.05, 3.63) is 76.6 Å². The summed E-state index contributed by atoms with van der Waals surface area (Å²) in [7, 11) is 1.53. The predicted molar refractivity (Wildman–Crippen MR) is 112 cm³/mol. The van der Waals surface area contributed by atoms with E-state index in [-0.39, 0.29) is 23.5 Å². The number of ether oxygens (including phenoxy) is 1. The first-order valence-electron chi connectivity index (χ1n) is 9.14. The molecule has 5 nitrogen and oxygen atoms in total. The number of amides is 2. The lowest BCUT2D eigenvalue weighted by molar-refractivity contribution is -0.123. The predicted octanol–water partition coefficient (Wildman–Crippen LogP) is 4.51. The van der Waals surface area contributed by atoms with Crippen LogP contribution in [0.3, 0.4) is 0 Å². The Morgan fingerprint density at radius 1 is 1.10 bits per heavy atom. The number of imide groups is 1. The van der Waals surface area contributed by atoms with Gasteiger partial charge in [-0.25, -0.2) is 4.39 Å². The second-order valence-corrected chi connectivity index (χ2v) is 7.64. The first-order valence-corrected chi connectivity index (χ1v) is 9.95. The van der Waals surface area contributed by atoms with Gasteiger partial charge in [-0.1, -0.05) is 36.4 Å². The monoisotopic (exact) mass is 410 g/mol. The summed E-state index contributed by atoms with van der Waals surface area (Å²) in [6.45, 7) is 0.900. The minimum atomic E-state index is -0.317. The Hall–Kier alpha value is -2.90. The minimum absolute atomic E-state index is 0.230. The fourth-order valence-corrected chi connectivity index (χ4v) is 4.20. The number of benzene rings is 2. The van der Waals surface area contributed by atoms with Crippen molar-refractivity contribution >= 4 is 39.9 Å². The van der Waals surface area contributed by atoms with Crippen LogP contribution in [0.4, 0.5) is 9.18 Å². The molecule has 1 saturated heterocycles. The summed E-state index contributed by atoms with van der Waals surface area (Å²) in [5, 5.41) is 0.640. The molecular weight excluding hydrogens is 391 g/mol. The van der Waals surface area contributed by atoms with E-state index in [1.807, 2.05) is 35.0 Å². The van der Waals surface area contributed by atoms with Crippen LogP contribution in [0.2, 0.25) is 0 Å². The number of halogens is 1. The van der Waals surface area contributed by atoms with Crippen molar-refractivity contribution in [2.45, 2.75) is 6.54 Å². The van der Waals surface area contributed by atoms with E-state index in [0.717, 1.165) is 28.2 Å². The third kappa shape index (κ3) is 3.83. The molecule has 1 aliphatic rings. The summed E-state index contributed by atoms with van der Waals surface area (Å²) in [5.74, 6) is -0.575. The number of para-hydroxylation sites is 1. The van der Waals surface area contributed by atoms with Crippen LogP contribution in [0, 0.1) is 5.82 Å². The number of hydrogen-bond donors (Lipinski definition) is 0. The van der Waals surface area contributed by atoms with E-state index in [4.69, 9.17) is 4.74 Å². The molecule has 0 saturated carbocycles. The van der Waals surface area contributed by atoms with E-state index < -0.39 is 0 Å². The Morgan fingerprint density at radius 2 is 1.86 bits per heavy atom. The van der Waals surface area contributed by atoms with Gasteiger partial charge in [0.15, 0.2) is 0 Å². The fraction of sp³-hybridized carbons (Fsp3) is 0.182. The van der Waals surface area contributed by atoms with Crippen molar-refractivity contribution in [1.82, 2.24) is 9.47 Å². The molecule has 0 bridgehead atoms. The maximum Gasteiger partial charge on any atom is 0.293 e. The largest absolute Gasteiger partial charge is 0.383 e. The molecule has 2 amide bonds. The van der Waals surface area contributed by atoms with Crippen LogP contribution >= 0.6 is 11.8 Å². The molecule has 0 radical (unpaired) electrons. The molecule has 0 N–H and O–H groups in total. The molecular formula is C22H19FN2O3S. The first-order chi connectivity index (χ1) is 14.1. The Morgan fingerprint density at radius 3 is 2.66 bits per heavy atom. The van der Waals surface area contributed by atoms with Crippen molar-refractivity contribution in [3.8, 4) is 0 Å². The molecule has 1 fully saturated rings. The molecule has 4 rings (SSSR count). The number of rotatable bonds is 6. The van der Waals surface area contributed by atoms with Gasteiger partial charge in [0.2, 0.25) is 0 Å². The molecule has 1 aliphatic heterocycles. The highest BCUT2D eigenvalue weighted by Gasteiger charge is 2.34. The van der Waals surface area contributed by atoms with Crippen LogP contribution in [-0.2, 0) is 16.1 Å². The van der Waals surface area contributed by atoms with Gasteiger partial charge in [-0.2, -0.15) is 0 Å². The molecule has 0 atom stereocenters. The van der Waals surface area contributed by atoms with Gasteiger partial charge in [0.05, 0.1) is 24.6 Å². The lowest BCUT2D eigenvalue weighted by Gasteiger charge is -2.10. The van der Waals surface area contributed by atoms with E-state index >= 15 is 0 Å². The average Bonchev–Trinajstić information content (AvgIpc) is 3.20. The summed E-state index contributed by atoms with van der Waals surface area (Å²) in [6.07, 6.45) is 3.62. The van der Waals surface area contributed by atoms with Gasteiger partial charge in [-0.15, -0.1) is 0 Å². The molecule has 1 aromatic heterocycles. The number of nitrogens with zero attached hydrogens (tertiary/aromatic N) is 2. The fourth-order valence-electron chi connectivity index (χ4n) is 3.35. The third-order valence-corrected chi connectivity index (χ3v) is 5.70. The number of methoxy groups -OCH3 is 1. The van der Waals surface area contributed by atoms with E-state index in [9.17, 15) is 14.0 Å². The average molecular weight is 410 g/mol. The summed E-state index contributed by atoms with van der Waals surface area (Å²) in [6, 6.07) is 14.4. The third-order valence-electron chi connectivity index (χ3n) is 4.80. The van der Waals surface area contributed by atoms with Crippen molar-refractivity contribution in [1.29, 1.82) is 0 Å². The van der Waals surface area contributed by atoms with E-state index in [1.54, 1.807) is 24.3 Å². The summed E-state index contributed by atoms with van der Waals surface area (Å²) in [4.78, 5) is 26.3. The van der Waals surface area contributed by atoms with Gasteiger partial charge in [0.1, 0.15) is 5.82 Å². The molecule has 29 heavy (non-hydrogen) atoms. The Labute approximate surface area is 171 Å². The standard InChI is InChI=1S/C22H19FN2O3S/c1-28-11-10-25-21(26)20(29-22(25)27)12-16-14-24(19-9-5-3-7-17(16)19)13-15-6-2-4-8-18(15)23/h2-9,12,14H,10-11,13H2,1H3/b20-12+. The molecule has 2 aromatic carbocycles. The van der Waals surface area contributed by atoms with E-state index in [0.29, 0.717) is 23.6 Å². The highest BCUT2D eigenvalue weighted by Crippen LogP contribution is 2.34. The van der Waals surface area contributed by atoms with Crippen molar-refractivity contribution in [2.75, 3.05) is 20.3 Å². The highest BCUT2D eigenvalue weighted by molar-refractivity contribution is 8.18. The van der Waals surface area contributed by atoms with Gasteiger partial charge in [-0.05, 0) is 30.0 Å². The zero-order valence-corrected chi connectivity index (χ0v) is 16.6. The Balaban J connectivity index is 1.70. The molecule has 0 unspecified atom stereocenters. The summed E-state index contributed by atoms with van der Waals surface area (Å²) < 4.78 is 21.0. The number of fused-ring (bicyclic) bond motifs is 1. The summed E-state index contributed by atoms with van der Waals surface area (Å²) >= 11 is 0.925. The van der Waals surface area contributed by atoms with E-state index in [1.165, 1.54) is 18.1 Å². The smallest absolute Gasteiger partial charge is 0.293 e. The normalized spacial score (nSPS) is 15.8. The van der Waals surface area contributed by atoms with Crippen LogP contribution < -0.4 is 0 Å². The zero-order valence-electron chi connectivity index (χ0n) is 15.8. The molecule has 0 aliphatic carbocycles. The highest BCUT2D eigenvalue weighted by atomic mass is 32.2. The van der Waals surface area contributed by atoms with Crippen LogP contribution in [-0.4, -0.2) is 40.9 Å². The second-order valence-electron chi connectivity index (χ2n) is 6.65. The molecule has 0 spiro atoms. The van der Waals surface area contributed by atoms with Gasteiger partial charge in [0, 0.05) is 35.3 Å². The number of carbonyl (C=O) groups is 2. The first kappa shape index (κ1) is 19.4. The van der Waals surface area contributed by atoms with Gasteiger partial charge >= 0.3 is 0 Å². The topological polar surface area (TPSA) is 51.5 Å². The lowest BCUT2D eigenvalue weighted by atomic mass is 10.1. The minimum Gasteiger partial charge on any atom is -0.383 e. The van der Waals surface area contributed by atoms with Crippen LogP contribution in [0.25, 0.3) is 17.0 Å². The second kappa shape index (κ2) is 8.23. The van der Waals surface area contributed by atoms with Crippen molar-refractivity contribution in [3.63, 3.8) is 0 Å². The maximum atomic E-state index is 14.1. The lowest BCUT2D eigenvalue weighted by Crippen LogP contribution is -2.31. The van der Waals surface area contributed by atoms with Gasteiger partial charge in [-0.3, -0.25) is 14.5 Å². The Kier molecular flexibility index (Phi) is 5.51. The van der Waals surface area contributed by atoms with E-state index in [2.05, 4.69) is 0 Å². The number of carbonyl (C=O) groups excluding carboxylic acids is 2. The SMILES string of the molecule is COCCN1C(=O)S/C(=C/c2cn(Cc3ccccc3F)c3ccccc23)C1=O. The number of hydrogen-bond acceptors (Lipinski definition) is 4. The van der Waals surface area contributed by atoms with Crippen molar-refractivity contribution in [2.24, 2.45) is 0 Å². The molecule has 3 aromatic rings. The molecule has 7 heteroatoms. The summed E-state index contributed by atoms with van der Waals surface area (Å²) in [5.41, 5.74) is 2.33. The molecule has 148 valence electrons. The maximum absolute atomic E-state index is 14.1. The van der Waals surface area contributed by atoms with Crippen LogP contribution in [0.15, 0.2) is 59.6 Å². The van der Waals surface area contributed by atoms with Crippen molar-refractivity contribution < 1.29 is 18.7 Å². The van der Waals surface area contributed by atoms with Gasteiger partial charge < -0.3 is 9.30 Å². The molecule has 2 heterocycles. The number of aromatic nitrogens is 1. The van der Waals surface area contributed by atoms with Gasteiger partial charge in [0.25, 0.3) is 11.1 Å². The Bertz CT molecular complexity index is 1120.